The summed E-state index contributed by atoms with van der Waals surface area (Å²) in [5.74, 6) is 1.51. The van der Waals surface area contributed by atoms with Crippen LogP contribution in [0.3, 0.4) is 0 Å². The van der Waals surface area contributed by atoms with Gasteiger partial charge in [0.1, 0.15) is 12.4 Å². The predicted molar refractivity (Wildman–Crippen MR) is 123 cm³/mol. The number of hydrogen-bond acceptors (Lipinski definition) is 4. The molecule has 0 radical (unpaired) electrons. The molecule has 0 heterocycles. The number of aliphatic imine (C=N–C) groups is 1. The molecule has 10 heteroatoms. The predicted octanol–water partition coefficient (Wildman–Crippen LogP) is 2.52. The van der Waals surface area contributed by atoms with Gasteiger partial charge in [0, 0.05) is 38.8 Å². The van der Waals surface area contributed by atoms with Crippen LogP contribution in [0.4, 0.5) is 0 Å². The van der Waals surface area contributed by atoms with Gasteiger partial charge in [-0.3, -0.25) is 4.99 Å². The summed E-state index contributed by atoms with van der Waals surface area (Å²) in [6.45, 7) is 4.62. The number of likely N-dealkylation sites (N-methyl/N-ethyl adjacent to an activating group) is 1. The molecule has 0 aliphatic carbocycles. The highest BCUT2D eigenvalue weighted by Crippen LogP contribution is 2.15. The average molecular weight is 533 g/mol. The van der Waals surface area contributed by atoms with Gasteiger partial charge in [-0.15, -0.1) is 24.0 Å². The van der Waals surface area contributed by atoms with Crippen LogP contribution in [0, 0.1) is 0 Å². The van der Waals surface area contributed by atoms with Gasteiger partial charge in [-0.25, -0.2) is 12.7 Å². The fourth-order valence-corrected chi connectivity index (χ4v) is 3.39. The summed E-state index contributed by atoms with van der Waals surface area (Å²) in [5.41, 5.74) is 0. The van der Waals surface area contributed by atoms with Crippen LogP contribution in [0.2, 0.25) is 5.02 Å². The van der Waals surface area contributed by atoms with E-state index in [-0.39, 0.29) is 24.0 Å². The summed E-state index contributed by atoms with van der Waals surface area (Å²) in [5, 5.41) is 3.92. The Balaban J connectivity index is 0.00000676. The molecule has 0 aromatic heterocycles. The van der Waals surface area contributed by atoms with E-state index >= 15 is 0 Å². The van der Waals surface area contributed by atoms with Crippen molar-refractivity contribution in [2.45, 2.75) is 13.3 Å². The Morgan fingerprint density at radius 3 is 2.41 bits per heavy atom. The maximum atomic E-state index is 11.6. The van der Waals surface area contributed by atoms with Crippen LogP contribution in [-0.4, -0.2) is 76.7 Å². The lowest BCUT2D eigenvalue weighted by Gasteiger charge is -2.23. The zero-order valence-corrected chi connectivity index (χ0v) is 20.2. The number of nitrogens with zero attached hydrogens (tertiary/aromatic N) is 3. The van der Waals surface area contributed by atoms with E-state index in [0.29, 0.717) is 44.2 Å². The van der Waals surface area contributed by atoms with Gasteiger partial charge in [0.2, 0.25) is 10.0 Å². The van der Waals surface area contributed by atoms with E-state index in [4.69, 9.17) is 16.3 Å². The van der Waals surface area contributed by atoms with Gasteiger partial charge in [0.15, 0.2) is 5.96 Å². The molecule has 0 aliphatic heterocycles. The van der Waals surface area contributed by atoms with Gasteiger partial charge in [-0.1, -0.05) is 18.5 Å². The van der Waals surface area contributed by atoms with Gasteiger partial charge in [-0.05, 0) is 30.7 Å². The van der Waals surface area contributed by atoms with Crippen molar-refractivity contribution in [1.29, 1.82) is 0 Å². The molecule has 0 fully saturated rings. The van der Waals surface area contributed by atoms with E-state index in [1.54, 1.807) is 19.2 Å². The van der Waals surface area contributed by atoms with E-state index in [1.165, 1.54) is 10.6 Å². The summed E-state index contributed by atoms with van der Waals surface area (Å²) < 4.78 is 30.3. The molecular weight excluding hydrogens is 503 g/mol. The molecular formula is C17H30ClIN4O3S. The second kappa shape index (κ2) is 13.4. The molecule has 0 aliphatic rings. The number of nitrogens with one attached hydrogen (secondary N) is 1. The minimum atomic E-state index is -3.14. The zero-order chi connectivity index (χ0) is 19.6. The van der Waals surface area contributed by atoms with Gasteiger partial charge in [-0.2, -0.15) is 0 Å². The summed E-state index contributed by atoms with van der Waals surface area (Å²) in [4.78, 5) is 6.20. The lowest BCUT2D eigenvalue weighted by atomic mass is 10.3. The molecule has 0 saturated carbocycles. The van der Waals surface area contributed by atoms with E-state index < -0.39 is 10.0 Å². The Bertz CT molecular complexity index is 671. The quantitative estimate of drug-likeness (QED) is 0.217. The van der Waals surface area contributed by atoms with Crippen LogP contribution < -0.4 is 10.1 Å². The molecule has 1 aromatic carbocycles. The summed E-state index contributed by atoms with van der Waals surface area (Å²) in [6, 6.07) is 7.24. The third kappa shape index (κ3) is 10.4. The molecule has 156 valence electrons. The molecule has 0 saturated heterocycles. The van der Waals surface area contributed by atoms with Crippen LogP contribution in [-0.2, 0) is 10.0 Å². The Kier molecular flexibility index (Phi) is 13.0. The molecule has 0 atom stereocenters. The van der Waals surface area contributed by atoms with Crippen molar-refractivity contribution in [2.75, 3.05) is 53.1 Å². The van der Waals surface area contributed by atoms with E-state index in [0.717, 1.165) is 11.7 Å². The van der Waals surface area contributed by atoms with Gasteiger partial charge in [0.25, 0.3) is 0 Å². The first kappa shape index (κ1) is 26.2. The number of rotatable bonds is 10. The fourth-order valence-electron chi connectivity index (χ4n) is 2.34. The van der Waals surface area contributed by atoms with Crippen LogP contribution in [0.5, 0.6) is 5.75 Å². The Labute approximate surface area is 185 Å². The van der Waals surface area contributed by atoms with Gasteiger partial charge >= 0.3 is 0 Å². The molecule has 7 nitrogen and oxygen atoms in total. The van der Waals surface area contributed by atoms with Crippen molar-refractivity contribution in [2.24, 2.45) is 4.99 Å². The third-order valence-corrected chi connectivity index (χ3v) is 5.40. The SMILES string of the molecule is CCN(CCCNC(=NC)N(C)CCOc1ccc(Cl)cc1)S(C)(=O)=O.I. The highest BCUT2D eigenvalue weighted by Gasteiger charge is 2.13. The molecule has 0 amide bonds. The Morgan fingerprint density at radius 2 is 1.89 bits per heavy atom. The van der Waals surface area contributed by atoms with Crippen molar-refractivity contribution >= 4 is 51.6 Å². The maximum absolute atomic E-state index is 11.6. The summed E-state index contributed by atoms with van der Waals surface area (Å²) in [7, 11) is 0.503. The third-order valence-electron chi connectivity index (χ3n) is 3.77. The highest BCUT2D eigenvalue weighted by molar-refractivity contribution is 14.0. The second-order valence-corrected chi connectivity index (χ2v) is 8.23. The number of hydrogen-bond donors (Lipinski definition) is 1. The molecule has 1 N–H and O–H groups in total. The first-order valence-corrected chi connectivity index (χ1v) is 10.8. The maximum Gasteiger partial charge on any atom is 0.211 e. The van der Waals surface area contributed by atoms with Gasteiger partial charge < -0.3 is 15.0 Å². The first-order valence-electron chi connectivity index (χ1n) is 8.53. The lowest BCUT2D eigenvalue weighted by Crippen LogP contribution is -2.42. The number of guanidine groups is 1. The lowest BCUT2D eigenvalue weighted by molar-refractivity contribution is 0.281. The number of benzene rings is 1. The molecule has 0 bridgehead atoms. The smallest absolute Gasteiger partial charge is 0.211 e. The van der Waals surface area contributed by atoms with Crippen molar-refractivity contribution in [3.8, 4) is 5.75 Å². The summed E-state index contributed by atoms with van der Waals surface area (Å²) in [6.07, 6.45) is 1.94. The Morgan fingerprint density at radius 1 is 1.26 bits per heavy atom. The van der Waals surface area contributed by atoms with E-state index in [2.05, 4.69) is 10.3 Å². The normalized spacial score (nSPS) is 11.9. The summed E-state index contributed by atoms with van der Waals surface area (Å²) >= 11 is 5.85. The van der Waals surface area contributed by atoms with Crippen LogP contribution in [0.1, 0.15) is 13.3 Å². The standard InChI is InChI=1S/C17H29ClN4O3S.HI/c1-5-22(26(4,23)24)12-6-11-20-17(19-2)21(3)13-14-25-16-9-7-15(18)8-10-16;/h7-10H,5-6,11-14H2,1-4H3,(H,19,20);1H. The van der Waals surface area contributed by atoms with Crippen molar-refractivity contribution in [3.63, 3.8) is 0 Å². The van der Waals surface area contributed by atoms with Crippen molar-refractivity contribution in [3.05, 3.63) is 29.3 Å². The minimum Gasteiger partial charge on any atom is -0.492 e. The highest BCUT2D eigenvalue weighted by atomic mass is 127. The fraction of sp³-hybridized carbons (Fsp3) is 0.588. The van der Waals surface area contributed by atoms with Crippen molar-refractivity contribution in [1.82, 2.24) is 14.5 Å². The minimum absolute atomic E-state index is 0. The molecule has 0 spiro atoms. The molecule has 0 unspecified atom stereocenters. The molecule has 1 aromatic rings. The molecule has 27 heavy (non-hydrogen) atoms. The number of sulfonamides is 1. The number of ether oxygens (including phenoxy) is 1. The van der Waals surface area contributed by atoms with Crippen LogP contribution >= 0.6 is 35.6 Å². The second-order valence-electron chi connectivity index (χ2n) is 5.81. The average Bonchev–Trinajstić information content (AvgIpc) is 2.58. The zero-order valence-electron chi connectivity index (χ0n) is 16.3. The topological polar surface area (TPSA) is 74.2 Å². The monoisotopic (exact) mass is 532 g/mol. The van der Waals surface area contributed by atoms with Crippen LogP contribution in [0.15, 0.2) is 29.3 Å². The van der Waals surface area contributed by atoms with Gasteiger partial charge in [0.05, 0.1) is 12.8 Å². The van der Waals surface area contributed by atoms with E-state index in [9.17, 15) is 8.42 Å². The number of halogens is 2. The van der Waals surface area contributed by atoms with Crippen LogP contribution in [0.25, 0.3) is 0 Å². The largest absolute Gasteiger partial charge is 0.492 e. The molecule has 1 rings (SSSR count). The first-order chi connectivity index (χ1) is 12.3. The Hall–Kier alpha value is -0.780. The van der Waals surface area contributed by atoms with E-state index in [1.807, 2.05) is 31.0 Å². The van der Waals surface area contributed by atoms with Crippen molar-refractivity contribution < 1.29 is 13.2 Å².